The van der Waals surface area contributed by atoms with Gasteiger partial charge in [0.1, 0.15) is 11.3 Å². The lowest BCUT2D eigenvalue weighted by Crippen LogP contribution is -2.31. The smallest absolute Gasteiger partial charge is 0.144 e. The third-order valence-electron chi connectivity index (χ3n) is 3.44. The molecule has 1 atom stereocenters. The first kappa shape index (κ1) is 13.2. The van der Waals surface area contributed by atoms with Crippen LogP contribution < -0.4 is 10.1 Å². The van der Waals surface area contributed by atoms with E-state index in [9.17, 15) is 0 Å². The third kappa shape index (κ3) is 2.18. The molecule has 18 heavy (non-hydrogen) atoms. The van der Waals surface area contributed by atoms with Gasteiger partial charge < -0.3 is 14.6 Å². The number of ether oxygens (including phenoxy) is 1. The Morgan fingerprint density at radius 2 is 2.33 bits per heavy atom. The van der Waals surface area contributed by atoms with Crippen LogP contribution in [0.25, 0.3) is 11.0 Å². The first-order chi connectivity index (χ1) is 8.40. The number of piperidine rings is 1. The lowest BCUT2D eigenvalue weighted by Gasteiger charge is -2.25. The van der Waals surface area contributed by atoms with Gasteiger partial charge in [0, 0.05) is 12.6 Å². The molecule has 0 radical (unpaired) electrons. The van der Waals surface area contributed by atoms with E-state index in [1.807, 2.05) is 24.5 Å². The normalized spacial score (nSPS) is 19.5. The largest absolute Gasteiger partial charge is 0.494 e. The Bertz CT molecular complexity index is 520. The zero-order valence-electron chi connectivity index (χ0n) is 10.4. The lowest BCUT2D eigenvalue weighted by atomic mass is 10.1. The number of para-hydroxylation sites is 1. The van der Waals surface area contributed by atoms with Crippen LogP contribution in [0.5, 0.6) is 5.75 Å². The van der Waals surface area contributed by atoms with Crippen LogP contribution in [-0.2, 0) is 0 Å². The fourth-order valence-electron chi connectivity index (χ4n) is 2.57. The van der Waals surface area contributed by atoms with Gasteiger partial charge in [0.25, 0.3) is 0 Å². The minimum Gasteiger partial charge on any atom is -0.494 e. The Morgan fingerprint density at radius 1 is 1.44 bits per heavy atom. The van der Waals surface area contributed by atoms with Crippen LogP contribution >= 0.6 is 12.4 Å². The molecule has 1 aromatic carbocycles. The molecule has 1 N–H and O–H groups in total. The Labute approximate surface area is 113 Å². The molecule has 1 aromatic heterocycles. The Kier molecular flexibility index (Phi) is 4.09. The van der Waals surface area contributed by atoms with Crippen molar-refractivity contribution in [2.75, 3.05) is 20.2 Å². The molecule has 98 valence electrons. The van der Waals surface area contributed by atoms with E-state index in [-0.39, 0.29) is 12.4 Å². The predicted octanol–water partition coefficient (Wildman–Crippen LogP) is 2.39. The average molecular weight is 268 g/mol. The van der Waals surface area contributed by atoms with E-state index in [0.717, 1.165) is 29.9 Å². The minimum absolute atomic E-state index is 0. The zero-order valence-corrected chi connectivity index (χ0v) is 11.2. The van der Waals surface area contributed by atoms with Crippen LogP contribution in [0.1, 0.15) is 18.9 Å². The summed E-state index contributed by atoms with van der Waals surface area (Å²) in [7, 11) is 1.71. The van der Waals surface area contributed by atoms with Gasteiger partial charge in [0.05, 0.1) is 19.0 Å². The molecule has 0 amide bonds. The summed E-state index contributed by atoms with van der Waals surface area (Å²) in [5, 5.41) is 3.44. The number of hydrogen-bond donors (Lipinski definition) is 1. The number of nitrogens with zero attached hydrogens (tertiary/aromatic N) is 2. The van der Waals surface area contributed by atoms with Crippen molar-refractivity contribution in [3.63, 3.8) is 0 Å². The van der Waals surface area contributed by atoms with Crippen LogP contribution in [0.3, 0.4) is 0 Å². The maximum absolute atomic E-state index is 5.44. The summed E-state index contributed by atoms with van der Waals surface area (Å²) >= 11 is 0. The van der Waals surface area contributed by atoms with Crippen molar-refractivity contribution in [1.82, 2.24) is 14.9 Å². The van der Waals surface area contributed by atoms with Gasteiger partial charge in [-0.15, -0.1) is 12.4 Å². The summed E-state index contributed by atoms with van der Waals surface area (Å²) in [6, 6.07) is 6.50. The second kappa shape index (κ2) is 5.59. The number of benzene rings is 1. The van der Waals surface area contributed by atoms with Crippen molar-refractivity contribution in [3.05, 3.63) is 24.5 Å². The third-order valence-corrected chi connectivity index (χ3v) is 3.44. The van der Waals surface area contributed by atoms with Gasteiger partial charge >= 0.3 is 0 Å². The van der Waals surface area contributed by atoms with Crippen LogP contribution in [0.4, 0.5) is 0 Å². The standard InChI is InChI=1S/C13H17N3O.ClH/c1-17-12-6-2-5-11-13(12)16(9-15-11)10-4-3-7-14-8-10;/h2,5-6,9-10,14H,3-4,7-8H2,1H3;1H. The number of hydrogen-bond acceptors (Lipinski definition) is 3. The molecule has 1 aliphatic heterocycles. The number of methoxy groups -OCH3 is 1. The van der Waals surface area contributed by atoms with Gasteiger partial charge in [0.15, 0.2) is 0 Å². The van der Waals surface area contributed by atoms with Crippen molar-refractivity contribution in [2.45, 2.75) is 18.9 Å². The minimum atomic E-state index is 0. The highest BCUT2D eigenvalue weighted by atomic mass is 35.5. The molecule has 4 nitrogen and oxygen atoms in total. The van der Waals surface area contributed by atoms with E-state index in [1.165, 1.54) is 12.8 Å². The van der Waals surface area contributed by atoms with E-state index in [2.05, 4.69) is 14.9 Å². The van der Waals surface area contributed by atoms with Gasteiger partial charge in [-0.1, -0.05) is 6.07 Å². The Balaban J connectivity index is 0.00000120. The highest BCUT2D eigenvalue weighted by molar-refractivity contribution is 5.85. The van der Waals surface area contributed by atoms with Crippen molar-refractivity contribution in [2.24, 2.45) is 0 Å². The number of nitrogens with one attached hydrogen (secondary N) is 1. The van der Waals surface area contributed by atoms with Crippen molar-refractivity contribution >= 4 is 23.4 Å². The van der Waals surface area contributed by atoms with Crippen LogP contribution in [0.15, 0.2) is 24.5 Å². The summed E-state index contributed by atoms with van der Waals surface area (Å²) in [5.74, 6) is 0.908. The number of aromatic nitrogens is 2. The molecule has 2 heterocycles. The quantitative estimate of drug-likeness (QED) is 0.908. The summed E-state index contributed by atoms with van der Waals surface area (Å²) in [5.41, 5.74) is 2.12. The molecule has 1 aliphatic rings. The van der Waals surface area contributed by atoms with Crippen molar-refractivity contribution in [1.29, 1.82) is 0 Å². The molecule has 5 heteroatoms. The molecule has 3 rings (SSSR count). The van der Waals surface area contributed by atoms with Crippen LogP contribution in [0.2, 0.25) is 0 Å². The first-order valence-corrected chi connectivity index (χ1v) is 6.10. The van der Waals surface area contributed by atoms with Crippen molar-refractivity contribution in [3.8, 4) is 5.75 Å². The number of rotatable bonds is 2. The molecule has 1 saturated heterocycles. The Hall–Kier alpha value is -1.26. The molecule has 0 aliphatic carbocycles. The second-order valence-corrected chi connectivity index (χ2v) is 4.48. The van der Waals surface area contributed by atoms with Gasteiger partial charge in [0.2, 0.25) is 0 Å². The number of fused-ring (bicyclic) bond motifs is 1. The molecule has 0 saturated carbocycles. The monoisotopic (exact) mass is 267 g/mol. The summed E-state index contributed by atoms with van der Waals surface area (Å²) in [6.07, 6.45) is 4.36. The molecular formula is C13H18ClN3O. The van der Waals surface area contributed by atoms with E-state index >= 15 is 0 Å². The van der Waals surface area contributed by atoms with Crippen LogP contribution in [0, 0.1) is 0 Å². The van der Waals surface area contributed by atoms with Gasteiger partial charge in [-0.05, 0) is 31.5 Å². The van der Waals surface area contributed by atoms with E-state index in [1.54, 1.807) is 7.11 Å². The highest BCUT2D eigenvalue weighted by Gasteiger charge is 2.18. The lowest BCUT2D eigenvalue weighted by molar-refractivity contribution is 0.371. The van der Waals surface area contributed by atoms with Crippen LogP contribution in [-0.4, -0.2) is 29.8 Å². The molecule has 0 spiro atoms. The fourth-order valence-corrected chi connectivity index (χ4v) is 2.57. The van der Waals surface area contributed by atoms with Gasteiger partial charge in [-0.25, -0.2) is 4.98 Å². The molecule has 1 fully saturated rings. The number of imidazole rings is 1. The zero-order chi connectivity index (χ0) is 11.7. The number of halogens is 1. The second-order valence-electron chi connectivity index (χ2n) is 4.48. The average Bonchev–Trinajstić information content (AvgIpc) is 2.83. The van der Waals surface area contributed by atoms with E-state index < -0.39 is 0 Å². The van der Waals surface area contributed by atoms with E-state index in [4.69, 9.17) is 4.74 Å². The molecule has 0 bridgehead atoms. The highest BCUT2D eigenvalue weighted by Crippen LogP contribution is 2.29. The predicted molar refractivity (Wildman–Crippen MR) is 74.7 cm³/mol. The fraction of sp³-hybridized carbons (Fsp3) is 0.462. The first-order valence-electron chi connectivity index (χ1n) is 6.10. The molecule has 1 unspecified atom stereocenters. The summed E-state index contributed by atoms with van der Waals surface area (Å²) in [6.45, 7) is 2.14. The van der Waals surface area contributed by atoms with Crippen molar-refractivity contribution < 1.29 is 4.74 Å². The maximum atomic E-state index is 5.44. The summed E-state index contributed by atoms with van der Waals surface area (Å²) in [4.78, 5) is 4.46. The molecule has 2 aromatic rings. The maximum Gasteiger partial charge on any atom is 0.144 e. The Morgan fingerprint density at radius 3 is 3.06 bits per heavy atom. The SMILES string of the molecule is COc1cccc2ncn(C3CCCNC3)c12.Cl. The topological polar surface area (TPSA) is 39.1 Å². The van der Waals surface area contributed by atoms with Gasteiger partial charge in [-0.3, -0.25) is 0 Å². The summed E-state index contributed by atoms with van der Waals surface area (Å²) < 4.78 is 7.69. The van der Waals surface area contributed by atoms with Gasteiger partial charge in [-0.2, -0.15) is 0 Å². The molecular weight excluding hydrogens is 250 g/mol. The van der Waals surface area contributed by atoms with E-state index in [0.29, 0.717) is 6.04 Å².